The number of rotatable bonds is 5. The SMILES string of the molecule is CCOC(=O)/C=N/NCc1ccc(Br)cc1. The average Bonchev–Trinajstić information content (AvgIpc) is 2.27. The van der Waals surface area contributed by atoms with Gasteiger partial charge < -0.3 is 10.2 Å². The van der Waals surface area contributed by atoms with Crippen LogP contribution in [0.5, 0.6) is 0 Å². The van der Waals surface area contributed by atoms with Gasteiger partial charge in [0.05, 0.1) is 13.2 Å². The predicted octanol–water partition coefficient (Wildman–Crippen LogP) is 2.09. The van der Waals surface area contributed by atoms with Gasteiger partial charge in [-0.25, -0.2) is 4.79 Å². The van der Waals surface area contributed by atoms with Gasteiger partial charge >= 0.3 is 5.97 Å². The number of carbonyl (C=O) groups excluding carboxylic acids is 1. The Balaban J connectivity index is 2.30. The molecule has 1 aromatic rings. The van der Waals surface area contributed by atoms with Crippen molar-refractivity contribution in [3.8, 4) is 0 Å². The summed E-state index contributed by atoms with van der Waals surface area (Å²) in [6.07, 6.45) is 1.13. The van der Waals surface area contributed by atoms with E-state index in [0.717, 1.165) is 16.3 Å². The molecule has 0 fully saturated rings. The lowest BCUT2D eigenvalue weighted by Crippen LogP contribution is -2.10. The number of benzene rings is 1. The Hall–Kier alpha value is -1.36. The largest absolute Gasteiger partial charge is 0.462 e. The molecule has 0 saturated carbocycles. The van der Waals surface area contributed by atoms with Gasteiger partial charge in [0.25, 0.3) is 0 Å². The second kappa shape index (κ2) is 7.00. The highest BCUT2D eigenvalue weighted by atomic mass is 79.9. The Morgan fingerprint density at radius 3 is 2.81 bits per heavy atom. The molecule has 0 aromatic heterocycles. The second-order valence-corrected chi connectivity index (χ2v) is 3.89. The smallest absolute Gasteiger partial charge is 0.351 e. The fraction of sp³-hybridized carbons (Fsp3) is 0.273. The lowest BCUT2D eigenvalue weighted by atomic mass is 10.2. The van der Waals surface area contributed by atoms with Crippen molar-refractivity contribution in [3.05, 3.63) is 34.3 Å². The summed E-state index contributed by atoms with van der Waals surface area (Å²) < 4.78 is 5.71. The minimum Gasteiger partial charge on any atom is -0.462 e. The van der Waals surface area contributed by atoms with E-state index in [1.807, 2.05) is 24.3 Å². The van der Waals surface area contributed by atoms with E-state index in [0.29, 0.717) is 13.2 Å². The lowest BCUT2D eigenvalue weighted by molar-refractivity contribution is -0.134. The Kier molecular flexibility index (Phi) is 5.56. The van der Waals surface area contributed by atoms with Crippen molar-refractivity contribution in [2.24, 2.45) is 5.10 Å². The van der Waals surface area contributed by atoms with E-state index in [2.05, 4.69) is 31.2 Å². The van der Waals surface area contributed by atoms with Crippen molar-refractivity contribution in [2.45, 2.75) is 13.5 Å². The topological polar surface area (TPSA) is 50.7 Å². The van der Waals surface area contributed by atoms with E-state index in [1.165, 1.54) is 0 Å². The predicted molar refractivity (Wildman–Crippen MR) is 66.1 cm³/mol. The fourth-order valence-corrected chi connectivity index (χ4v) is 1.28. The fourth-order valence-electron chi connectivity index (χ4n) is 1.02. The van der Waals surface area contributed by atoms with Gasteiger partial charge in [0, 0.05) is 4.47 Å². The van der Waals surface area contributed by atoms with Gasteiger partial charge in [0.1, 0.15) is 6.21 Å². The average molecular weight is 285 g/mol. The molecule has 0 amide bonds. The van der Waals surface area contributed by atoms with Crippen LogP contribution in [0.15, 0.2) is 33.8 Å². The zero-order valence-electron chi connectivity index (χ0n) is 8.94. The Labute approximate surface area is 103 Å². The van der Waals surface area contributed by atoms with Crippen LogP contribution in [0, 0.1) is 0 Å². The Morgan fingerprint density at radius 2 is 2.19 bits per heavy atom. The minimum absolute atomic E-state index is 0.359. The van der Waals surface area contributed by atoms with Crippen LogP contribution in [0.3, 0.4) is 0 Å². The van der Waals surface area contributed by atoms with Crippen LogP contribution in [-0.4, -0.2) is 18.8 Å². The van der Waals surface area contributed by atoms with Gasteiger partial charge in [-0.1, -0.05) is 28.1 Å². The summed E-state index contributed by atoms with van der Waals surface area (Å²) in [6, 6.07) is 7.84. The molecular formula is C11H13BrN2O2. The molecule has 1 N–H and O–H groups in total. The molecule has 0 spiro atoms. The van der Waals surface area contributed by atoms with Crippen LogP contribution in [0.4, 0.5) is 0 Å². The summed E-state index contributed by atoms with van der Waals surface area (Å²) in [7, 11) is 0. The Bertz CT molecular complexity index is 363. The van der Waals surface area contributed by atoms with Crippen LogP contribution in [0.2, 0.25) is 0 Å². The molecular weight excluding hydrogens is 272 g/mol. The van der Waals surface area contributed by atoms with Crippen LogP contribution in [0.25, 0.3) is 0 Å². The molecule has 0 unspecified atom stereocenters. The molecule has 16 heavy (non-hydrogen) atoms. The molecule has 5 heteroatoms. The van der Waals surface area contributed by atoms with Gasteiger partial charge in [-0.05, 0) is 24.6 Å². The monoisotopic (exact) mass is 284 g/mol. The van der Waals surface area contributed by atoms with Crippen LogP contribution in [0.1, 0.15) is 12.5 Å². The third-order valence-electron chi connectivity index (χ3n) is 1.74. The number of ether oxygens (including phenoxy) is 1. The van der Waals surface area contributed by atoms with E-state index in [1.54, 1.807) is 6.92 Å². The van der Waals surface area contributed by atoms with Crippen molar-refractivity contribution in [1.29, 1.82) is 0 Å². The summed E-state index contributed by atoms with van der Waals surface area (Å²) in [5, 5.41) is 3.75. The maximum Gasteiger partial charge on any atom is 0.351 e. The van der Waals surface area contributed by atoms with Gasteiger partial charge in [-0.2, -0.15) is 5.10 Å². The van der Waals surface area contributed by atoms with Crippen LogP contribution >= 0.6 is 15.9 Å². The van der Waals surface area contributed by atoms with E-state index in [4.69, 9.17) is 0 Å². The molecule has 0 aliphatic rings. The summed E-state index contributed by atoms with van der Waals surface area (Å²) in [4.78, 5) is 10.9. The molecule has 0 radical (unpaired) electrons. The molecule has 0 saturated heterocycles. The summed E-state index contributed by atoms with van der Waals surface area (Å²) in [5.41, 5.74) is 3.85. The number of hydrogen-bond donors (Lipinski definition) is 1. The number of nitrogens with zero attached hydrogens (tertiary/aromatic N) is 1. The van der Waals surface area contributed by atoms with Crippen LogP contribution in [-0.2, 0) is 16.1 Å². The molecule has 0 aliphatic heterocycles. The van der Waals surface area contributed by atoms with Crippen molar-refractivity contribution >= 4 is 28.1 Å². The van der Waals surface area contributed by atoms with Gasteiger partial charge in [0.2, 0.25) is 0 Å². The number of hydrazone groups is 1. The molecule has 4 nitrogen and oxygen atoms in total. The number of hydrogen-bond acceptors (Lipinski definition) is 4. The molecule has 0 aliphatic carbocycles. The standard InChI is InChI=1S/C11H13BrN2O2/c1-2-16-11(15)8-14-13-7-9-3-5-10(12)6-4-9/h3-6,8,13H,2,7H2,1H3/b14-8+. The Morgan fingerprint density at radius 1 is 1.50 bits per heavy atom. The number of esters is 1. The van der Waals surface area contributed by atoms with Crippen molar-refractivity contribution in [3.63, 3.8) is 0 Å². The second-order valence-electron chi connectivity index (χ2n) is 2.97. The molecule has 1 aromatic carbocycles. The molecule has 0 atom stereocenters. The van der Waals surface area contributed by atoms with Gasteiger partial charge in [0.15, 0.2) is 0 Å². The number of halogens is 1. The third kappa shape index (κ3) is 4.93. The third-order valence-corrected chi connectivity index (χ3v) is 2.27. The summed E-state index contributed by atoms with van der Waals surface area (Å²) in [6.45, 7) is 2.68. The number of carbonyl (C=O) groups is 1. The number of nitrogens with one attached hydrogen (secondary N) is 1. The van der Waals surface area contributed by atoms with Crippen molar-refractivity contribution < 1.29 is 9.53 Å². The molecule has 0 bridgehead atoms. The maximum absolute atomic E-state index is 10.9. The highest BCUT2D eigenvalue weighted by Gasteiger charge is 1.94. The van der Waals surface area contributed by atoms with Crippen molar-refractivity contribution in [1.82, 2.24) is 5.43 Å². The maximum atomic E-state index is 10.9. The molecule has 1 rings (SSSR count). The summed E-state index contributed by atoms with van der Waals surface area (Å²) in [5.74, 6) is -0.439. The van der Waals surface area contributed by atoms with Crippen molar-refractivity contribution in [2.75, 3.05) is 6.61 Å². The minimum atomic E-state index is -0.439. The highest BCUT2D eigenvalue weighted by Crippen LogP contribution is 2.09. The molecule has 0 heterocycles. The van der Waals surface area contributed by atoms with Crippen LogP contribution < -0.4 is 5.43 Å². The van der Waals surface area contributed by atoms with E-state index >= 15 is 0 Å². The molecule has 86 valence electrons. The first-order valence-electron chi connectivity index (χ1n) is 4.89. The first-order chi connectivity index (χ1) is 7.72. The zero-order chi connectivity index (χ0) is 11.8. The quantitative estimate of drug-likeness (QED) is 0.512. The zero-order valence-corrected chi connectivity index (χ0v) is 10.5. The highest BCUT2D eigenvalue weighted by molar-refractivity contribution is 9.10. The van der Waals surface area contributed by atoms with Gasteiger partial charge in [-0.15, -0.1) is 0 Å². The normalized spacial score (nSPS) is 10.4. The van der Waals surface area contributed by atoms with E-state index in [-0.39, 0.29) is 0 Å². The van der Waals surface area contributed by atoms with Gasteiger partial charge in [-0.3, -0.25) is 0 Å². The van der Waals surface area contributed by atoms with E-state index in [9.17, 15) is 4.79 Å². The first-order valence-corrected chi connectivity index (χ1v) is 5.68. The first kappa shape index (κ1) is 12.7. The van der Waals surface area contributed by atoms with E-state index < -0.39 is 5.97 Å². The lowest BCUT2D eigenvalue weighted by Gasteiger charge is -2.00. The summed E-state index contributed by atoms with van der Waals surface area (Å²) >= 11 is 3.35.